The second-order valence-electron chi connectivity index (χ2n) is 4.84. The molecular weight excluding hydrogens is 186 g/mol. The minimum atomic E-state index is 0.795. The first-order valence-electron chi connectivity index (χ1n) is 6.33. The van der Waals surface area contributed by atoms with Gasteiger partial charge in [0.2, 0.25) is 0 Å². The summed E-state index contributed by atoms with van der Waals surface area (Å²) in [5.74, 6) is 0. The van der Waals surface area contributed by atoms with Gasteiger partial charge in [-0.25, -0.2) is 0 Å². The van der Waals surface area contributed by atoms with Crippen LogP contribution in [-0.2, 0) is 0 Å². The summed E-state index contributed by atoms with van der Waals surface area (Å²) in [6.45, 7) is 8.26. The van der Waals surface area contributed by atoms with Crippen molar-refractivity contribution < 1.29 is 0 Å². The first-order chi connectivity index (χ1) is 7.24. The second-order valence-corrected chi connectivity index (χ2v) is 4.84. The Morgan fingerprint density at radius 3 is 2.80 bits per heavy atom. The molecule has 0 spiro atoms. The summed E-state index contributed by atoms with van der Waals surface area (Å²) in [5, 5.41) is 3.48. The van der Waals surface area contributed by atoms with Crippen molar-refractivity contribution in [2.75, 3.05) is 46.8 Å². The lowest BCUT2D eigenvalue weighted by atomic mass is 10.2. The van der Waals surface area contributed by atoms with Crippen LogP contribution in [0.4, 0.5) is 0 Å². The van der Waals surface area contributed by atoms with Crippen molar-refractivity contribution in [3.8, 4) is 0 Å². The average Bonchev–Trinajstić information content (AvgIpc) is 2.59. The Hall–Kier alpha value is -0.120. The minimum absolute atomic E-state index is 0.795. The van der Waals surface area contributed by atoms with Crippen molar-refractivity contribution in [3.63, 3.8) is 0 Å². The molecule has 1 heterocycles. The van der Waals surface area contributed by atoms with Crippen molar-refractivity contribution in [3.05, 3.63) is 0 Å². The molecule has 0 aromatic heterocycles. The summed E-state index contributed by atoms with van der Waals surface area (Å²) in [6, 6.07) is 0.795. The van der Waals surface area contributed by atoms with Crippen molar-refractivity contribution in [2.45, 2.75) is 32.2 Å². The number of likely N-dealkylation sites (tertiary alicyclic amines) is 1. The first kappa shape index (κ1) is 12.9. The topological polar surface area (TPSA) is 18.5 Å². The summed E-state index contributed by atoms with van der Waals surface area (Å²) >= 11 is 0. The monoisotopic (exact) mass is 213 g/mol. The van der Waals surface area contributed by atoms with Crippen LogP contribution in [0.15, 0.2) is 0 Å². The van der Waals surface area contributed by atoms with E-state index < -0.39 is 0 Å². The van der Waals surface area contributed by atoms with Crippen LogP contribution in [0, 0.1) is 0 Å². The highest BCUT2D eigenvalue weighted by Crippen LogP contribution is 2.16. The summed E-state index contributed by atoms with van der Waals surface area (Å²) in [5.41, 5.74) is 0. The van der Waals surface area contributed by atoms with Gasteiger partial charge in [-0.15, -0.1) is 0 Å². The highest BCUT2D eigenvalue weighted by molar-refractivity contribution is 4.81. The SMILES string of the molecule is CCCNCCN1CCCC1CN(C)C. The van der Waals surface area contributed by atoms with E-state index in [0.717, 1.165) is 19.1 Å². The number of hydrogen-bond acceptors (Lipinski definition) is 3. The number of likely N-dealkylation sites (N-methyl/N-ethyl adjacent to an activating group) is 1. The largest absolute Gasteiger partial charge is 0.315 e. The molecule has 1 atom stereocenters. The van der Waals surface area contributed by atoms with Gasteiger partial charge in [-0.2, -0.15) is 0 Å². The maximum absolute atomic E-state index is 3.48. The van der Waals surface area contributed by atoms with Gasteiger partial charge in [-0.3, -0.25) is 4.90 Å². The Kier molecular flexibility index (Phi) is 6.22. The summed E-state index contributed by atoms with van der Waals surface area (Å²) in [6.07, 6.45) is 4.00. The van der Waals surface area contributed by atoms with Crippen molar-refractivity contribution in [2.24, 2.45) is 0 Å². The highest BCUT2D eigenvalue weighted by Gasteiger charge is 2.23. The van der Waals surface area contributed by atoms with E-state index in [1.54, 1.807) is 0 Å². The van der Waals surface area contributed by atoms with E-state index in [4.69, 9.17) is 0 Å². The predicted octanol–water partition coefficient (Wildman–Crippen LogP) is 1.01. The number of rotatable bonds is 7. The van der Waals surface area contributed by atoms with Gasteiger partial charge in [0.1, 0.15) is 0 Å². The van der Waals surface area contributed by atoms with E-state index in [1.807, 2.05) is 0 Å². The molecule has 0 saturated carbocycles. The fourth-order valence-electron chi connectivity index (χ4n) is 2.34. The molecule has 1 aliphatic rings. The second kappa shape index (κ2) is 7.20. The lowest BCUT2D eigenvalue weighted by molar-refractivity contribution is 0.208. The molecule has 1 unspecified atom stereocenters. The molecule has 0 aromatic carbocycles. The number of hydrogen-bond donors (Lipinski definition) is 1. The Bertz CT molecular complexity index is 159. The molecule has 3 nitrogen and oxygen atoms in total. The molecule has 0 aromatic rings. The van der Waals surface area contributed by atoms with Gasteiger partial charge in [-0.1, -0.05) is 6.92 Å². The third kappa shape index (κ3) is 4.96. The van der Waals surface area contributed by atoms with E-state index >= 15 is 0 Å². The van der Waals surface area contributed by atoms with Gasteiger partial charge < -0.3 is 10.2 Å². The molecule has 0 amide bonds. The van der Waals surface area contributed by atoms with Gasteiger partial charge in [0, 0.05) is 25.7 Å². The zero-order valence-corrected chi connectivity index (χ0v) is 10.6. The Labute approximate surface area is 94.8 Å². The van der Waals surface area contributed by atoms with Crippen LogP contribution in [0.5, 0.6) is 0 Å². The average molecular weight is 213 g/mol. The van der Waals surface area contributed by atoms with E-state index in [0.29, 0.717) is 0 Å². The van der Waals surface area contributed by atoms with Gasteiger partial charge in [0.15, 0.2) is 0 Å². The van der Waals surface area contributed by atoms with E-state index in [9.17, 15) is 0 Å². The van der Waals surface area contributed by atoms with Crippen molar-refractivity contribution in [1.29, 1.82) is 0 Å². The zero-order valence-electron chi connectivity index (χ0n) is 10.6. The molecular formula is C12H27N3. The van der Waals surface area contributed by atoms with Crippen molar-refractivity contribution >= 4 is 0 Å². The molecule has 1 saturated heterocycles. The van der Waals surface area contributed by atoms with E-state index in [-0.39, 0.29) is 0 Å². The molecule has 15 heavy (non-hydrogen) atoms. The third-order valence-corrected chi connectivity index (χ3v) is 3.08. The summed E-state index contributed by atoms with van der Waals surface area (Å²) in [7, 11) is 4.34. The quantitative estimate of drug-likeness (QED) is 0.637. The fourth-order valence-corrected chi connectivity index (χ4v) is 2.34. The van der Waals surface area contributed by atoms with Crippen molar-refractivity contribution in [1.82, 2.24) is 15.1 Å². The molecule has 1 fully saturated rings. The maximum atomic E-state index is 3.48. The Balaban J connectivity index is 2.15. The summed E-state index contributed by atoms with van der Waals surface area (Å²) < 4.78 is 0. The maximum Gasteiger partial charge on any atom is 0.0223 e. The minimum Gasteiger partial charge on any atom is -0.315 e. The van der Waals surface area contributed by atoms with Crippen LogP contribution in [0.3, 0.4) is 0 Å². The third-order valence-electron chi connectivity index (χ3n) is 3.08. The lowest BCUT2D eigenvalue weighted by Crippen LogP contribution is -2.40. The van der Waals surface area contributed by atoms with Crippen LogP contribution < -0.4 is 5.32 Å². The predicted molar refractivity (Wildman–Crippen MR) is 66.3 cm³/mol. The van der Waals surface area contributed by atoms with Crippen LogP contribution in [0.2, 0.25) is 0 Å². The number of nitrogens with zero attached hydrogens (tertiary/aromatic N) is 2. The molecule has 1 aliphatic heterocycles. The van der Waals surface area contributed by atoms with Crippen LogP contribution in [0.25, 0.3) is 0 Å². The highest BCUT2D eigenvalue weighted by atomic mass is 15.2. The molecule has 0 bridgehead atoms. The first-order valence-corrected chi connectivity index (χ1v) is 6.33. The molecule has 90 valence electrons. The lowest BCUT2D eigenvalue weighted by Gasteiger charge is -2.27. The van der Waals surface area contributed by atoms with Crippen LogP contribution in [0.1, 0.15) is 26.2 Å². The smallest absolute Gasteiger partial charge is 0.0223 e. The summed E-state index contributed by atoms with van der Waals surface area (Å²) in [4.78, 5) is 4.95. The van der Waals surface area contributed by atoms with Gasteiger partial charge in [0.05, 0.1) is 0 Å². The van der Waals surface area contributed by atoms with Gasteiger partial charge in [0.25, 0.3) is 0 Å². The zero-order chi connectivity index (χ0) is 11.1. The molecule has 1 N–H and O–H groups in total. The normalized spacial score (nSPS) is 22.8. The standard InChI is InChI=1S/C12H27N3/c1-4-7-13-8-10-15-9-5-6-12(15)11-14(2)3/h12-13H,4-11H2,1-3H3. The molecule has 3 heteroatoms. The van der Waals surface area contributed by atoms with Gasteiger partial charge >= 0.3 is 0 Å². The Morgan fingerprint density at radius 1 is 1.33 bits per heavy atom. The molecule has 0 radical (unpaired) electrons. The van der Waals surface area contributed by atoms with E-state index in [2.05, 4.69) is 36.1 Å². The van der Waals surface area contributed by atoms with E-state index in [1.165, 1.54) is 38.9 Å². The number of nitrogens with one attached hydrogen (secondary N) is 1. The Morgan fingerprint density at radius 2 is 2.13 bits per heavy atom. The fraction of sp³-hybridized carbons (Fsp3) is 1.00. The molecule has 1 rings (SSSR count). The van der Waals surface area contributed by atoms with Crippen LogP contribution in [-0.4, -0.2) is 62.7 Å². The van der Waals surface area contributed by atoms with Crippen LogP contribution >= 0.6 is 0 Å². The van der Waals surface area contributed by atoms with Gasteiger partial charge in [-0.05, 0) is 46.4 Å². The molecule has 0 aliphatic carbocycles.